The average Bonchev–Trinajstić information content (AvgIpc) is 3.49. The molecule has 0 aliphatic carbocycles. The minimum atomic E-state index is -0.273. The molecule has 1 unspecified atom stereocenters. The third-order valence-electron chi connectivity index (χ3n) is 9.14. The van der Waals surface area contributed by atoms with Crippen LogP contribution < -0.4 is 29.0 Å². The summed E-state index contributed by atoms with van der Waals surface area (Å²) in [7, 11) is 6.72. The lowest BCUT2D eigenvalue weighted by molar-refractivity contribution is 0.0946. The monoisotopic (exact) mass is 696 g/mol. The Labute approximate surface area is 297 Å². The first-order valence-corrected chi connectivity index (χ1v) is 17.7. The van der Waals surface area contributed by atoms with E-state index in [1.807, 2.05) is 24.3 Å². The van der Waals surface area contributed by atoms with Gasteiger partial charge in [0.05, 0.1) is 27.9 Å². The van der Waals surface area contributed by atoms with Crippen molar-refractivity contribution in [2.45, 2.75) is 31.7 Å². The summed E-state index contributed by atoms with van der Waals surface area (Å²) in [5.74, 6) is 2.83. The maximum absolute atomic E-state index is 12.8. The number of rotatable bonds is 14. The van der Waals surface area contributed by atoms with Crippen molar-refractivity contribution in [2.75, 3.05) is 54.7 Å². The molecular weight excluding hydrogens is 653 g/mol. The van der Waals surface area contributed by atoms with Gasteiger partial charge in [-0.05, 0) is 122 Å². The van der Waals surface area contributed by atoms with Crippen molar-refractivity contribution >= 4 is 27.3 Å². The second-order valence-electron chi connectivity index (χ2n) is 12.4. The van der Waals surface area contributed by atoms with Gasteiger partial charge >= 0.3 is 0 Å². The predicted molar refractivity (Wildman–Crippen MR) is 198 cm³/mol. The number of fused-ring (bicyclic) bond motifs is 1. The number of hydrogen-bond donors (Lipinski definition) is 2. The van der Waals surface area contributed by atoms with Crippen molar-refractivity contribution in [3.8, 4) is 44.9 Å². The van der Waals surface area contributed by atoms with Crippen LogP contribution in [0.1, 0.15) is 40.7 Å². The third-order valence-corrected chi connectivity index (χ3v) is 10.4. The van der Waals surface area contributed by atoms with Crippen LogP contribution in [-0.4, -0.2) is 76.6 Å². The van der Waals surface area contributed by atoms with Gasteiger partial charge in [-0.25, -0.2) is 0 Å². The lowest BCUT2D eigenvalue weighted by atomic mass is 9.99. The van der Waals surface area contributed by atoms with Gasteiger partial charge in [0.15, 0.2) is 11.5 Å². The van der Waals surface area contributed by atoms with Crippen molar-refractivity contribution in [1.82, 2.24) is 10.2 Å². The molecule has 1 aromatic heterocycles. The highest BCUT2D eigenvalue weighted by molar-refractivity contribution is 7.22. The standard InChI is InChI=1S/C40H44N2O7S/c1-42-19-6-5-7-29(42)25-49-32-15-10-27(11-16-32)39-34(33-17-12-30(43)24-37(33)50-39)21-26-8-13-31(14-9-26)48-20-18-41-40(44)28-22-35(45-2)38(47-4)36(23-28)46-3/h8-17,22-24,29,43H,5-7,18-21,25H2,1-4H3,(H,41,44). The molecule has 1 saturated heterocycles. The molecular formula is C40H44N2O7S. The van der Waals surface area contributed by atoms with Gasteiger partial charge in [-0.15, -0.1) is 11.3 Å². The van der Waals surface area contributed by atoms with Crippen LogP contribution in [0.3, 0.4) is 0 Å². The maximum atomic E-state index is 12.8. The van der Waals surface area contributed by atoms with Gasteiger partial charge in [0.1, 0.15) is 30.5 Å². The van der Waals surface area contributed by atoms with Gasteiger partial charge in [-0.2, -0.15) is 0 Å². The van der Waals surface area contributed by atoms with Crippen LogP contribution in [0, 0.1) is 0 Å². The van der Waals surface area contributed by atoms with Crippen LogP contribution in [0.2, 0.25) is 0 Å². The number of phenolic OH excluding ortho intramolecular Hbond substituents is 1. The number of likely N-dealkylation sites (tertiary alicyclic amines) is 1. The Hall–Kier alpha value is -4.93. The number of aromatic hydroxyl groups is 1. The Kier molecular flexibility index (Phi) is 11.3. The van der Waals surface area contributed by atoms with Crippen LogP contribution in [0.4, 0.5) is 0 Å². The van der Waals surface area contributed by atoms with Crippen LogP contribution >= 0.6 is 11.3 Å². The Bertz CT molecular complexity index is 1880. The molecule has 1 atom stereocenters. The number of amides is 1. The first kappa shape index (κ1) is 34.9. The summed E-state index contributed by atoms with van der Waals surface area (Å²) < 4.78 is 29.2. The molecule has 50 heavy (non-hydrogen) atoms. The molecule has 1 aliphatic rings. The number of carbonyl (C=O) groups is 1. The van der Waals surface area contributed by atoms with Crippen LogP contribution in [0.25, 0.3) is 20.5 Å². The minimum absolute atomic E-state index is 0.259. The van der Waals surface area contributed by atoms with E-state index in [9.17, 15) is 9.90 Å². The zero-order valence-electron chi connectivity index (χ0n) is 29.0. The molecule has 9 nitrogen and oxygen atoms in total. The lowest BCUT2D eigenvalue weighted by Gasteiger charge is -2.32. The molecule has 1 aliphatic heterocycles. The summed E-state index contributed by atoms with van der Waals surface area (Å²) in [5, 5.41) is 14.2. The highest BCUT2D eigenvalue weighted by atomic mass is 32.1. The number of carbonyl (C=O) groups excluding carboxylic acids is 1. The van der Waals surface area contributed by atoms with Crippen molar-refractivity contribution in [3.05, 3.63) is 95.6 Å². The summed E-state index contributed by atoms with van der Waals surface area (Å²) in [6, 6.07) is 25.7. The number of hydrogen-bond acceptors (Lipinski definition) is 9. The number of likely N-dealkylation sites (N-methyl/N-ethyl adjacent to an activating group) is 1. The maximum Gasteiger partial charge on any atom is 0.251 e. The number of benzene rings is 4. The molecule has 6 rings (SSSR count). The lowest BCUT2D eigenvalue weighted by Crippen LogP contribution is -2.40. The molecule has 0 saturated carbocycles. The molecule has 0 radical (unpaired) electrons. The Morgan fingerprint density at radius 2 is 1.58 bits per heavy atom. The third kappa shape index (κ3) is 8.09. The number of nitrogens with zero attached hydrogens (tertiary/aromatic N) is 1. The quantitative estimate of drug-likeness (QED) is 0.115. The van der Waals surface area contributed by atoms with Crippen molar-refractivity contribution in [1.29, 1.82) is 0 Å². The van der Waals surface area contributed by atoms with E-state index in [0.717, 1.165) is 39.9 Å². The van der Waals surface area contributed by atoms with E-state index in [-0.39, 0.29) is 11.7 Å². The summed E-state index contributed by atoms with van der Waals surface area (Å²) in [5.41, 5.74) is 3.87. The zero-order chi connectivity index (χ0) is 35.0. The zero-order valence-corrected chi connectivity index (χ0v) is 29.8. The van der Waals surface area contributed by atoms with Crippen molar-refractivity contribution in [2.24, 2.45) is 0 Å². The number of phenols is 1. The Balaban J connectivity index is 1.08. The van der Waals surface area contributed by atoms with Gasteiger partial charge in [-0.3, -0.25) is 4.79 Å². The van der Waals surface area contributed by atoms with E-state index in [4.69, 9.17) is 23.7 Å². The molecule has 2 heterocycles. The molecule has 5 aromatic rings. The van der Waals surface area contributed by atoms with E-state index < -0.39 is 0 Å². The summed E-state index contributed by atoms with van der Waals surface area (Å²) in [4.78, 5) is 16.4. The van der Waals surface area contributed by atoms with Crippen LogP contribution in [-0.2, 0) is 6.42 Å². The fourth-order valence-electron chi connectivity index (χ4n) is 6.35. The number of piperidine rings is 1. The van der Waals surface area contributed by atoms with Crippen LogP contribution in [0.5, 0.6) is 34.5 Å². The molecule has 2 N–H and O–H groups in total. The van der Waals surface area contributed by atoms with Crippen molar-refractivity contribution in [3.63, 3.8) is 0 Å². The first-order valence-electron chi connectivity index (χ1n) is 16.8. The molecule has 10 heteroatoms. The minimum Gasteiger partial charge on any atom is -0.508 e. The largest absolute Gasteiger partial charge is 0.508 e. The van der Waals surface area contributed by atoms with E-state index in [2.05, 4.69) is 53.7 Å². The summed E-state index contributed by atoms with van der Waals surface area (Å²) in [6.45, 7) is 2.45. The highest BCUT2D eigenvalue weighted by Crippen LogP contribution is 2.42. The fraction of sp³-hybridized carbons (Fsp3) is 0.325. The smallest absolute Gasteiger partial charge is 0.251 e. The van der Waals surface area contributed by atoms with Crippen LogP contribution in [0.15, 0.2) is 78.9 Å². The highest BCUT2D eigenvalue weighted by Gasteiger charge is 2.20. The molecule has 0 spiro atoms. The van der Waals surface area contributed by atoms with E-state index in [1.165, 1.54) is 51.0 Å². The number of methoxy groups -OCH3 is 3. The van der Waals surface area contributed by atoms with E-state index in [0.29, 0.717) is 54.4 Å². The van der Waals surface area contributed by atoms with Gasteiger partial charge in [0.25, 0.3) is 5.91 Å². The Morgan fingerprint density at radius 1 is 0.880 bits per heavy atom. The predicted octanol–water partition coefficient (Wildman–Crippen LogP) is 7.56. The molecule has 4 aromatic carbocycles. The van der Waals surface area contributed by atoms with Gasteiger partial charge in [0, 0.05) is 21.2 Å². The molecule has 1 fully saturated rings. The first-order chi connectivity index (χ1) is 24.4. The second kappa shape index (κ2) is 16.2. The molecule has 262 valence electrons. The summed E-state index contributed by atoms with van der Waals surface area (Å²) >= 11 is 1.69. The average molecular weight is 697 g/mol. The second-order valence-corrected chi connectivity index (χ2v) is 13.4. The van der Waals surface area contributed by atoms with Gasteiger partial charge in [0.2, 0.25) is 5.75 Å². The number of ether oxygens (including phenoxy) is 5. The molecule has 0 bridgehead atoms. The normalized spacial score (nSPS) is 14.7. The fourth-order valence-corrected chi connectivity index (χ4v) is 7.61. The molecule has 1 amide bonds. The van der Waals surface area contributed by atoms with Gasteiger partial charge in [-0.1, -0.05) is 18.6 Å². The van der Waals surface area contributed by atoms with Crippen molar-refractivity contribution < 1.29 is 33.6 Å². The van der Waals surface area contributed by atoms with Gasteiger partial charge < -0.3 is 39.0 Å². The SMILES string of the molecule is COc1cc(C(=O)NCCOc2ccc(Cc3c(-c4ccc(OCC5CCCCN5C)cc4)sc4cc(O)ccc34)cc2)cc(OC)c1OC. The van der Waals surface area contributed by atoms with E-state index in [1.54, 1.807) is 29.5 Å². The summed E-state index contributed by atoms with van der Waals surface area (Å²) in [6.07, 6.45) is 4.42. The topological polar surface area (TPSA) is 98.7 Å². The number of thiophene rings is 1. The Morgan fingerprint density at radius 3 is 2.26 bits per heavy atom. The van der Waals surface area contributed by atoms with E-state index >= 15 is 0 Å². The number of nitrogens with one attached hydrogen (secondary N) is 1.